The summed E-state index contributed by atoms with van der Waals surface area (Å²) in [6.07, 6.45) is -4.31. The molecule has 0 aromatic carbocycles. The van der Waals surface area contributed by atoms with Crippen LogP contribution in [0.5, 0.6) is 0 Å². The monoisotopic (exact) mass is 318 g/mol. The molecule has 0 amide bonds. The standard InChI is InChI=1S/C2Br3F3/c3-1(4,5)2(6,7)8. The smallest absolute Gasteiger partial charge is 0.168 e. The number of hydrogen-bond acceptors (Lipinski definition) is 0. The second-order valence-corrected chi connectivity index (χ2v) is 7.76. The van der Waals surface area contributed by atoms with E-state index >= 15 is 0 Å². The predicted octanol–water partition coefficient (Wildman–Crippen LogP) is 3.39. The Hall–Kier alpha value is 1.23. The summed E-state index contributed by atoms with van der Waals surface area (Å²) in [5.41, 5.74) is 0. The molecular weight excluding hydrogens is 321 g/mol. The van der Waals surface area contributed by atoms with Crippen LogP contribution in [-0.4, -0.2) is 8.32 Å². The topological polar surface area (TPSA) is 0 Å². The van der Waals surface area contributed by atoms with Crippen LogP contribution in [0.2, 0.25) is 0 Å². The Kier molecular flexibility index (Phi) is 2.84. The highest BCUT2D eigenvalue weighted by atomic mass is 80.0. The Morgan fingerprint density at radius 3 is 1.00 bits per heavy atom. The van der Waals surface area contributed by atoms with Crippen LogP contribution in [0.3, 0.4) is 0 Å². The molecule has 0 radical (unpaired) electrons. The Morgan fingerprint density at radius 2 is 1.00 bits per heavy atom. The van der Waals surface area contributed by atoms with Gasteiger partial charge in [0.15, 0.2) is 0 Å². The summed E-state index contributed by atoms with van der Waals surface area (Å²) < 4.78 is 32.1. The third kappa shape index (κ3) is 2.68. The summed E-state index contributed by atoms with van der Waals surface area (Å²) in [5, 5.41) is 0. The molecule has 0 nitrogen and oxygen atoms in total. The first-order valence-corrected chi connectivity index (χ1v) is 3.76. The molecule has 0 heterocycles. The highest BCUT2D eigenvalue weighted by molar-refractivity contribution is 9.39. The number of halogens is 6. The van der Waals surface area contributed by atoms with Crippen molar-refractivity contribution in [2.75, 3.05) is 0 Å². The van der Waals surface area contributed by atoms with Crippen molar-refractivity contribution in [3.05, 3.63) is 0 Å². The Balaban J connectivity index is 4.02. The van der Waals surface area contributed by atoms with Crippen molar-refractivity contribution < 1.29 is 13.2 Å². The molecule has 8 heavy (non-hydrogen) atoms. The quantitative estimate of drug-likeness (QED) is 0.600. The van der Waals surface area contributed by atoms with E-state index in [1.54, 1.807) is 0 Å². The van der Waals surface area contributed by atoms with Gasteiger partial charge in [-0.1, -0.05) is 0 Å². The minimum atomic E-state index is -4.31. The molecule has 0 bridgehead atoms. The van der Waals surface area contributed by atoms with Gasteiger partial charge in [0.2, 0.25) is 2.14 Å². The van der Waals surface area contributed by atoms with Gasteiger partial charge >= 0.3 is 6.18 Å². The third-order valence-corrected chi connectivity index (χ3v) is 1.67. The molecule has 0 unspecified atom stereocenters. The maximum atomic E-state index is 11.4. The van der Waals surface area contributed by atoms with Crippen molar-refractivity contribution in [1.29, 1.82) is 0 Å². The molecule has 0 atom stereocenters. The SMILES string of the molecule is FC(F)(F)C(Br)(Br)Br. The van der Waals surface area contributed by atoms with E-state index in [1.165, 1.54) is 0 Å². The molecule has 0 N–H and O–H groups in total. The molecule has 0 spiro atoms. The Labute approximate surface area is 69.2 Å². The molecule has 0 saturated heterocycles. The van der Waals surface area contributed by atoms with Crippen molar-refractivity contribution >= 4 is 47.8 Å². The lowest BCUT2D eigenvalue weighted by molar-refractivity contribution is -0.115. The lowest BCUT2D eigenvalue weighted by atomic mass is 10.8. The summed E-state index contributed by atoms with van der Waals surface area (Å²) in [4.78, 5) is 0. The van der Waals surface area contributed by atoms with Crippen LogP contribution in [0.1, 0.15) is 0 Å². The van der Waals surface area contributed by atoms with Crippen molar-refractivity contribution in [1.82, 2.24) is 0 Å². The van der Waals surface area contributed by atoms with Gasteiger partial charge in [0.05, 0.1) is 0 Å². The zero-order valence-electron chi connectivity index (χ0n) is 3.27. The van der Waals surface area contributed by atoms with E-state index in [-0.39, 0.29) is 0 Å². The summed E-state index contributed by atoms with van der Waals surface area (Å²) in [7, 11) is 0. The van der Waals surface area contributed by atoms with Gasteiger partial charge in [0.25, 0.3) is 0 Å². The highest BCUT2D eigenvalue weighted by Crippen LogP contribution is 2.47. The molecule has 0 saturated carbocycles. The number of rotatable bonds is 0. The molecule has 0 aliphatic heterocycles. The molecule has 50 valence electrons. The average molecular weight is 321 g/mol. The van der Waals surface area contributed by atoms with Gasteiger partial charge in [-0.05, 0) is 47.8 Å². The molecule has 0 fully saturated rings. The lowest BCUT2D eigenvalue weighted by Crippen LogP contribution is -2.25. The fraction of sp³-hybridized carbons (Fsp3) is 1.00. The molecule has 0 aromatic rings. The molecule has 0 rings (SSSR count). The van der Waals surface area contributed by atoms with E-state index in [2.05, 4.69) is 47.8 Å². The fourth-order valence-electron chi connectivity index (χ4n) is 0. The first-order chi connectivity index (χ1) is 3.25. The normalized spacial score (nSPS) is 14.2. The van der Waals surface area contributed by atoms with Crippen LogP contribution >= 0.6 is 47.8 Å². The molecule has 0 aliphatic carbocycles. The van der Waals surface area contributed by atoms with Crippen molar-refractivity contribution in [2.24, 2.45) is 0 Å². The van der Waals surface area contributed by atoms with Crippen molar-refractivity contribution in [2.45, 2.75) is 8.32 Å². The van der Waals surface area contributed by atoms with Crippen LogP contribution in [0.25, 0.3) is 0 Å². The summed E-state index contributed by atoms with van der Waals surface area (Å²) in [6, 6.07) is 0. The number of hydrogen-bond donors (Lipinski definition) is 0. The summed E-state index contributed by atoms with van der Waals surface area (Å²) in [6.45, 7) is 0. The van der Waals surface area contributed by atoms with E-state index in [1.807, 2.05) is 0 Å². The van der Waals surface area contributed by atoms with Gasteiger partial charge in [0.1, 0.15) is 0 Å². The van der Waals surface area contributed by atoms with Crippen molar-refractivity contribution in [3.8, 4) is 0 Å². The second kappa shape index (κ2) is 2.46. The maximum absolute atomic E-state index is 11.4. The Bertz CT molecular complexity index is 67.5. The summed E-state index contributed by atoms with van der Waals surface area (Å²) >= 11 is 6.92. The highest BCUT2D eigenvalue weighted by Gasteiger charge is 2.49. The largest absolute Gasteiger partial charge is 0.423 e. The van der Waals surface area contributed by atoms with E-state index in [0.29, 0.717) is 0 Å². The predicted molar refractivity (Wildman–Crippen MR) is 35.6 cm³/mol. The average Bonchev–Trinajstić information content (AvgIpc) is 1.25. The second-order valence-electron chi connectivity index (χ2n) is 0.996. The third-order valence-electron chi connectivity index (χ3n) is 0.321. The molecule has 0 aliphatic rings. The summed E-state index contributed by atoms with van der Waals surface area (Å²) in [5.74, 6) is 0. The van der Waals surface area contributed by atoms with Crippen LogP contribution in [0, 0.1) is 0 Å². The molecular formula is C2Br3F3. The van der Waals surface area contributed by atoms with E-state index in [9.17, 15) is 13.2 Å². The molecule has 0 aromatic heterocycles. The van der Waals surface area contributed by atoms with Gasteiger partial charge in [-0.15, -0.1) is 0 Å². The van der Waals surface area contributed by atoms with Gasteiger partial charge in [-0.2, -0.15) is 13.2 Å². The van der Waals surface area contributed by atoms with Crippen molar-refractivity contribution in [3.63, 3.8) is 0 Å². The Morgan fingerprint density at radius 1 is 0.875 bits per heavy atom. The van der Waals surface area contributed by atoms with Gasteiger partial charge in [-0.25, -0.2) is 0 Å². The maximum Gasteiger partial charge on any atom is 0.423 e. The zero-order chi connectivity index (χ0) is 7.00. The number of alkyl halides is 6. The lowest BCUT2D eigenvalue weighted by Gasteiger charge is -2.15. The van der Waals surface area contributed by atoms with Gasteiger partial charge < -0.3 is 0 Å². The van der Waals surface area contributed by atoms with Crippen LogP contribution in [0.15, 0.2) is 0 Å². The van der Waals surface area contributed by atoms with E-state index < -0.39 is 8.32 Å². The van der Waals surface area contributed by atoms with Gasteiger partial charge in [0, 0.05) is 0 Å². The minimum Gasteiger partial charge on any atom is -0.168 e. The van der Waals surface area contributed by atoms with Crippen LogP contribution in [0.4, 0.5) is 13.2 Å². The zero-order valence-corrected chi connectivity index (χ0v) is 8.03. The van der Waals surface area contributed by atoms with E-state index in [4.69, 9.17) is 0 Å². The minimum absolute atomic E-state index is 2.12. The first kappa shape index (κ1) is 9.23. The van der Waals surface area contributed by atoms with Crippen LogP contribution < -0.4 is 0 Å². The molecule has 6 heteroatoms. The first-order valence-electron chi connectivity index (χ1n) is 1.38. The van der Waals surface area contributed by atoms with Crippen LogP contribution in [-0.2, 0) is 0 Å². The fourth-order valence-corrected chi connectivity index (χ4v) is 0. The van der Waals surface area contributed by atoms with Gasteiger partial charge in [-0.3, -0.25) is 0 Å². The van der Waals surface area contributed by atoms with E-state index in [0.717, 1.165) is 0 Å².